The molecule has 0 saturated heterocycles. The number of nitrogens with zero attached hydrogens (tertiary/aromatic N) is 2. The zero-order valence-corrected chi connectivity index (χ0v) is 13.9. The molecule has 0 radical (unpaired) electrons. The van der Waals surface area contributed by atoms with Crippen LogP contribution in [-0.4, -0.2) is 33.6 Å². The highest BCUT2D eigenvalue weighted by atomic mass is 16.5. The number of hydrogen-bond donors (Lipinski definition) is 1. The molecule has 0 saturated carbocycles. The minimum absolute atomic E-state index is 0.362. The summed E-state index contributed by atoms with van der Waals surface area (Å²) in [6.07, 6.45) is 3.09. The Bertz CT molecular complexity index is 769. The summed E-state index contributed by atoms with van der Waals surface area (Å²) in [7, 11) is -0.861. The Morgan fingerprint density at radius 2 is 2.12 bits per heavy atom. The summed E-state index contributed by atoms with van der Waals surface area (Å²) in [6.45, 7) is 5.89. The van der Waals surface area contributed by atoms with Gasteiger partial charge in [-0.3, -0.25) is 0 Å². The molecule has 1 aromatic heterocycles. The topological polar surface area (TPSA) is 77.7 Å². The Labute approximate surface area is 141 Å². The van der Waals surface area contributed by atoms with Crippen LogP contribution in [0.15, 0.2) is 36.5 Å². The van der Waals surface area contributed by atoms with Gasteiger partial charge in [0.05, 0.1) is 12.2 Å². The summed E-state index contributed by atoms with van der Waals surface area (Å²) in [6, 6.07) is 8.85. The van der Waals surface area contributed by atoms with Crippen molar-refractivity contribution >= 4 is 18.8 Å². The molecule has 6 nitrogen and oxygen atoms in total. The second kappa shape index (κ2) is 6.26. The summed E-state index contributed by atoms with van der Waals surface area (Å²) >= 11 is 0. The van der Waals surface area contributed by atoms with Crippen LogP contribution in [-0.2, 0) is 11.3 Å². The lowest BCUT2D eigenvalue weighted by Gasteiger charge is -2.18. The van der Waals surface area contributed by atoms with E-state index in [4.69, 9.17) is 9.39 Å². The molecule has 1 aromatic carbocycles. The first kappa shape index (κ1) is 16.5. The van der Waals surface area contributed by atoms with Crippen molar-refractivity contribution in [2.75, 3.05) is 0 Å². The predicted octanol–water partition coefficient (Wildman–Crippen LogP) is 1.82. The average Bonchev–Trinajstić information content (AvgIpc) is 2.89. The van der Waals surface area contributed by atoms with Crippen molar-refractivity contribution in [2.24, 2.45) is 0 Å². The lowest BCUT2D eigenvalue weighted by atomic mass is 9.80. The van der Waals surface area contributed by atoms with Gasteiger partial charge in [-0.2, -0.15) is 0 Å². The smallest absolute Gasteiger partial charge is 0.491 e. The second-order valence-electron chi connectivity index (χ2n) is 6.68. The molecule has 24 heavy (non-hydrogen) atoms. The van der Waals surface area contributed by atoms with E-state index in [1.54, 1.807) is 30.5 Å². The Morgan fingerprint density at radius 3 is 2.79 bits per heavy atom. The van der Waals surface area contributed by atoms with Crippen LogP contribution < -0.4 is 10.2 Å². The number of ether oxygens (including phenoxy) is 1. The first-order chi connectivity index (χ1) is 11.3. The molecule has 0 atom stereocenters. The van der Waals surface area contributed by atoms with E-state index in [1.807, 2.05) is 26.8 Å². The van der Waals surface area contributed by atoms with Crippen LogP contribution in [0, 0.1) is 5.21 Å². The number of aromatic nitrogens is 1. The van der Waals surface area contributed by atoms with E-state index in [-0.39, 0.29) is 0 Å². The minimum atomic E-state index is -0.861. The molecular weight excluding hydrogens is 307 g/mol. The molecule has 0 aliphatic carbocycles. The minimum Gasteiger partial charge on any atom is -0.623 e. The highest BCUT2D eigenvalue weighted by Crippen LogP contribution is 2.22. The molecule has 1 aliphatic heterocycles. The second-order valence-corrected chi connectivity index (χ2v) is 6.68. The monoisotopic (exact) mass is 326 g/mol. The van der Waals surface area contributed by atoms with E-state index >= 15 is 0 Å². The summed E-state index contributed by atoms with van der Waals surface area (Å²) in [5, 5.41) is 21.5. The molecule has 3 rings (SSSR count). The third-order valence-corrected chi connectivity index (χ3v) is 3.69. The van der Waals surface area contributed by atoms with Crippen molar-refractivity contribution in [2.45, 2.75) is 32.9 Å². The molecule has 7 heteroatoms. The summed E-state index contributed by atoms with van der Waals surface area (Å²) in [5.41, 5.74) is 1.87. The molecule has 0 amide bonds. The van der Waals surface area contributed by atoms with Crippen molar-refractivity contribution in [1.29, 1.82) is 0 Å². The summed E-state index contributed by atoms with van der Waals surface area (Å²) < 4.78 is 11.8. The quantitative estimate of drug-likeness (QED) is 0.306. The van der Waals surface area contributed by atoms with Gasteiger partial charge in [-0.15, -0.1) is 0 Å². The van der Waals surface area contributed by atoms with Crippen molar-refractivity contribution in [1.82, 2.24) is 4.98 Å². The molecule has 0 bridgehead atoms. The van der Waals surface area contributed by atoms with Gasteiger partial charge in [0.1, 0.15) is 5.75 Å². The van der Waals surface area contributed by atoms with Gasteiger partial charge < -0.3 is 19.6 Å². The van der Waals surface area contributed by atoms with Gasteiger partial charge in [0.2, 0.25) is 5.88 Å². The molecule has 0 spiro atoms. The largest absolute Gasteiger partial charge is 0.623 e. The van der Waals surface area contributed by atoms with Crippen LogP contribution in [0.4, 0.5) is 0 Å². The Balaban J connectivity index is 1.73. The lowest BCUT2D eigenvalue weighted by molar-refractivity contribution is -0.530. The van der Waals surface area contributed by atoms with E-state index in [2.05, 4.69) is 4.98 Å². The average molecular weight is 326 g/mol. The fourth-order valence-corrected chi connectivity index (χ4v) is 2.25. The number of pyridine rings is 1. The van der Waals surface area contributed by atoms with Crippen molar-refractivity contribution in [3.8, 4) is 11.6 Å². The molecule has 1 N–H and O–H groups in total. The van der Waals surface area contributed by atoms with Crippen molar-refractivity contribution < 1.29 is 19.2 Å². The molecule has 0 fully saturated rings. The van der Waals surface area contributed by atoms with E-state index in [0.717, 1.165) is 15.8 Å². The van der Waals surface area contributed by atoms with E-state index in [1.165, 1.54) is 6.21 Å². The van der Waals surface area contributed by atoms with Crippen LogP contribution >= 0.6 is 0 Å². The fraction of sp³-hybridized carbons (Fsp3) is 0.294. The number of benzene rings is 1. The van der Waals surface area contributed by atoms with Crippen LogP contribution in [0.3, 0.4) is 0 Å². The zero-order chi connectivity index (χ0) is 17.3. The van der Waals surface area contributed by atoms with Gasteiger partial charge >= 0.3 is 7.12 Å². The molecule has 1 aliphatic rings. The van der Waals surface area contributed by atoms with Gasteiger partial charge in [0.15, 0.2) is 11.8 Å². The predicted molar refractivity (Wildman–Crippen MR) is 91.7 cm³/mol. The van der Waals surface area contributed by atoms with Gasteiger partial charge in [-0.25, -0.2) is 9.72 Å². The van der Waals surface area contributed by atoms with E-state index in [9.17, 15) is 10.2 Å². The summed E-state index contributed by atoms with van der Waals surface area (Å²) in [4.78, 5) is 4.22. The third-order valence-electron chi connectivity index (χ3n) is 3.69. The van der Waals surface area contributed by atoms with Crippen LogP contribution in [0.2, 0.25) is 0 Å². The molecule has 2 aromatic rings. The maximum atomic E-state index is 11.9. The van der Waals surface area contributed by atoms with Gasteiger partial charge in [0, 0.05) is 33.0 Å². The third kappa shape index (κ3) is 3.58. The maximum Gasteiger partial charge on any atom is 0.491 e. The zero-order valence-electron chi connectivity index (χ0n) is 13.9. The van der Waals surface area contributed by atoms with E-state index < -0.39 is 12.7 Å². The number of hydrogen-bond acceptors (Lipinski definition) is 5. The first-order valence-corrected chi connectivity index (χ1v) is 7.71. The van der Waals surface area contributed by atoms with Gasteiger partial charge in [0.25, 0.3) is 0 Å². The highest BCUT2D eigenvalue weighted by Gasteiger charge is 2.27. The first-order valence-electron chi connectivity index (χ1n) is 7.71. The normalized spacial score (nSPS) is 14.7. The van der Waals surface area contributed by atoms with E-state index in [0.29, 0.717) is 23.8 Å². The van der Waals surface area contributed by atoms with Gasteiger partial charge in [-0.05, 0) is 29.2 Å². The Kier molecular flexibility index (Phi) is 4.30. The van der Waals surface area contributed by atoms with Gasteiger partial charge in [-0.1, -0.05) is 6.07 Å². The molecule has 2 heterocycles. The van der Waals surface area contributed by atoms with Crippen LogP contribution in [0.5, 0.6) is 11.6 Å². The summed E-state index contributed by atoms with van der Waals surface area (Å²) in [5.74, 6) is 1.05. The highest BCUT2D eigenvalue weighted by molar-refractivity contribution is 6.61. The number of hydroxylamine groups is 1. The molecule has 124 valence electrons. The maximum absolute atomic E-state index is 11.9. The lowest BCUT2D eigenvalue weighted by Crippen LogP contribution is -2.29. The number of fused-ring (bicyclic) bond motifs is 1. The molecular formula is C17H19BN2O4. The van der Waals surface area contributed by atoms with Crippen molar-refractivity contribution in [3.05, 3.63) is 52.9 Å². The van der Waals surface area contributed by atoms with Crippen LogP contribution in [0.1, 0.15) is 31.9 Å². The molecule has 0 unspecified atom stereocenters. The van der Waals surface area contributed by atoms with Crippen LogP contribution in [0.25, 0.3) is 0 Å². The SMILES string of the molecule is CC(C)(C)[N+]([O-])=Cc1ccc(Oc2ccc3c(c2)COB3O)nc1. The standard InChI is InChI=1S/C17H19BN2O4/c1-17(2,3)20(22)10-12-4-7-16(19-9-12)24-14-5-6-15-13(8-14)11-23-18(15)21/h4-10,21H,11H2,1-3H3. The number of rotatable bonds is 3. The Hall–Kier alpha value is -2.38. The Morgan fingerprint density at radius 1 is 1.33 bits per heavy atom. The van der Waals surface area contributed by atoms with Crippen molar-refractivity contribution in [3.63, 3.8) is 0 Å². The fourth-order valence-electron chi connectivity index (χ4n) is 2.25.